The zero-order chi connectivity index (χ0) is 22.4. The number of fused-ring (bicyclic) bond motifs is 1. The van der Waals surface area contributed by atoms with Crippen molar-refractivity contribution >= 4 is 20.9 Å². The molecular formula is C22H24F3N3O2S. The summed E-state index contributed by atoms with van der Waals surface area (Å²) < 4.78 is 70.5. The number of sulfonamides is 1. The lowest BCUT2D eigenvalue weighted by Gasteiger charge is -2.21. The van der Waals surface area contributed by atoms with Gasteiger partial charge in [0.1, 0.15) is 6.04 Å². The van der Waals surface area contributed by atoms with E-state index in [1.807, 2.05) is 36.8 Å². The molecule has 0 amide bonds. The number of hydrogen-bond acceptors (Lipinski definition) is 3. The topological polar surface area (TPSA) is 64.0 Å². The molecule has 2 aromatic heterocycles. The van der Waals surface area contributed by atoms with Gasteiger partial charge in [-0.05, 0) is 48.1 Å². The van der Waals surface area contributed by atoms with Crippen LogP contribution in [0.3, 0.4) is 0 Å². The maximum absolute atomic E-state index is 14.0. The van der Waals surface area contributed by atoms with Gasteiger partial charge in [0, 0.05) is 41.6 Å². The third kappa shape index (κ3) is 4.62. The van der Waals surface area contributed by atoms with Crippen LogP contribution in [0.4, 0.5) is 13.2 Å². The highest BCUT2D eigenvalue weighted by molar-refractivity contribution is 7.90. The van der Waals surface area contributed by atoms with Gasteiger partial charge in [-0.25, -0.2) is 8.42 Å². The van der Waals surface area contributed by atoms with E-state index in [0.717, 1.165) is 11.1 Å². The third-order valence-electron chi connectivity index (χ3n) is 5.37. The van der Waals surface area contributed by atoms with Crippen LogP contribution in [0, 0.1) is 5.92 Å². The molecule has 0 radical (unpaired) electrons. The number of rotatable bonds is 7. The van der Waals surface area contributed by atoms with Crippen molar-refractivity contribution in [2.24, 2.45) is 5.92 Å². The van der Waals surface area contributed by atoms with Gasteiger partial charge < -0.3 is 4.57 Å². The quantitative estimate of drug-likeness (QED) is 0.547. The Kier molecular flexibility index (Phi) is 5.59. The second kappa shape index (κ2) is 7.94. The lowest BCUT2D eigenvalue weighted by atomic mass is 10.0. The minimum Gasteiger partial charge on any atom is -0.347 e. The maximum Gasteiger partial charge on any atom is 0.408 e. The number of halogens is 3. The molecular weight excluding hydrogens is 427 g/mol. The van der Waals surface area contributed by atoms with E-state index in [1.165, 1.54) is 6.20 Å². The summed E-state index contributed by atoms with van der Waals surface area (Å²) in [4.78, 5) is 4.00. The van der Waals surface area contributed by atoms with Crippen LogP contribution in [0.2, 0.25) is 0 Å². The van der Waals surface area contributed by atoms with Crippen LogP contribution < -0.4 is 4.72 Å². The lowest BCUT2D eigenvalue weighted by molar-refractivity contribution is -0.152. The van der Waals surface area contributed by atoms with E-state index in [1.54, 1.807) is 29.1 Å². The molecule has 1 N–H and O–H groups in total. The predicted octanol–water partition coefficient (Wildman–Crippen LogP) is 5.04. The Morgan fingerprint density at radius 2 is 1.81 bits per heavy atom. The molecule has 31 heavy (non-hydrogen) atoms. The average molecular weight is 452 g/mol. The molecule has 4 rings (SSSR count). The Morgan fingerprint density at radius 3 is 2.39 bits per heavy atom. The third-order valence-corrected chi connectivity index (χ3v) is 7.29. The second-order valence-corrected chi connectivity index (χ2v) is 10.4. The van der Waals surface area contributed by atoms with Gasteiger partial charge in [-0.15, -0.1) is 0 Å². The molecule has 3 aromatic rings. The minimum atomic E-state index is -4.76. The van der Waals surface area contributed by atoms with Crippen molar-refractivity contribution in [3.8, 4) is 11.1 Å². The SMILES string of the molecule is CC(C)Cn1cc([C@H](NS(=O)(=O)C2CC2)C(F)(F)F)c2ccc(-c3ccncc3)cc21. The monoisotopic (exact) mass is 451 g/mol. The Labute approximate surface area is 179 Å². The normalized spacial score (nSPS) is 16.2. The molecule has 1 fully saturated rings. The standard InChI is InChI=1S/C22H24F3N3O2S/c1-14(2)12-28-13-19(21(22(23,24)25)27-31(29,30)17-4-5-17)18-6-3-16(11-20(18)28)15-7-9-26-10-8-15/h3,6-11,13-14,17,21,27H,4-5,12H2,1-2H3/t21-/m0/s1. The first-order valence-corrected chi connectivity index (χ1v) is 11.7. The average Bonchev–Trinajstić information content (AvgIpc) is 3.51. The van der Waals surface area contributed by atoms with Crippen LogP contribution in [-0.2, 0) is 16.6 Å². The second-order valence-electron chi connectivity index (χ2n) is 8.44. The van der Waals surface area contributed by atoms with Crippen molar-refractivity contribution < 1.29 is 21.6 Å². The summed E-state index contributed by atoms with van der Waals surface area (Å²) in [5.41, 5.74) is 2.32. The molecule has 0 saturated heterocycles. The molecule has 166 valence electrons. The molecule has 0 unspecified atom stereocenters. The fourth-order valence-electron chi connectivity index (χ4n) is 3.76. The number of nitrogens with one attached hydrogen (secondary N) is 1. The summed E-state index contributed by atoms with van der Waals surface area (Å²) in [5, 5.41) is -0.348. The van der Waals surface area contributed by atoms with Gasteiger partial charge in [-0.2, -0.15) is 17.9 Å². The number of hydrogen-bond donors (Lipinski definition) is 1. The number of benzene rings is 1. The molecule has 0 bridgehead atoms. The fourth-order valence-corrected chi connectivity index (χ4v) is 5.30. The van der Waals surface area contributed by atoms with E-state index in [4.69, 9.17) is 0 Å². The number of alkyl halides is 3. The predicted molar refractivity (Wildman–Crippen MR) is 114 cm³/mol. The zero-order valence-electron chi connectivity index (χ0n) is 17.2. The maximum atomic E-state index is 14.0. The molecule has 0 spiro atoms. The van der Waals surface area contributed by atoms with E-state index in [2.05, 4.69) is 4.98 Å². The summed E-state index contributed by atoms with van der Waals surface area (Å²) in [6.07, 6.45) is 0.779. The Morgan fingerprint density at radius 1 is 1.13 bits per heavy atom. The van der Waals surface area contributed by atoms with Crippen molar-refractivity contribution in [2.45, 2.75) is 50.7 Å². The molecule has 1 saturated carbocycles. The molecule has 0 aliphatic heterocycles. The van der Waals surface area contributed by atoms with Crippen molar-refractivity contribution in [2.75, 3.05) is 0 Å². The summed E-state index contributed by atoms with van der Waals surface area (Å²) >= 11 is 0. The van der Waals surface area contributed by atoms with Crippen molar-refractivity contribution in [3.63, 3.8) is 0 Å². The van der Waals surface area contributed by atoms with Crippen molar-refractivity contribution in [1.29, 1.82) is 0 Å². The van der Waals surface area contributed by atoms with Gasteiger partial charge in [-0.3, -0.25) is 4.98 Å². The molecule has 9 heteroatoms. The van der Waals surface area contributed by atoms with E-state index in [9.17, 15) is 21.6 Å². The minimum absolute atomic E-state index is 0.0753. The van der Waals surface area contributed by atoms with Gasteiger partial charge in [0.15, 0.2) is 0 Å². The van der Waals surface area contributed by atoms with Gasteiger partial charge in [0.05, 0.1) is 5.25 Å². The van der Waals surface area contributed by atoms with Crippen molar-refractivity contribution in [1.82, 2.24) is 14.3 Å². The Balaban J connectivity index is 1.85. The molecule has 5 nitrogen and oxygen atoms in total. The Hall–Kier alpha value is -2.39. The van der Waals surface area contributed by atoms with E-state index < -0.39 is 27.5 Å². The van der Waals surface area contributed by atoms with Crippen molar-refractivity contribution in [3.05, 3.63) is 54.5 Å². The van der Waals surface area contributed by atoms with Gasteiger partial charge in [0.25, 0.3) is 0 Å². The van der Waals surface area contributed by atoms with Gasteiger partial charge >= 0.3 is 6.18 Å². The lowest BCUT2D eigenvalue weighted by Crippen LogP contribution is -2.39. The van der Waals surface area contributed by atoms with Crippen LogP contribution in [0.5, 0.6) is 0 Å². The number of pyridine rings is 1. The first kappa shape index (κ1) is 21.8. The summed E-state index contributed by atoms with van der Waals surface area (Å²) in [5.74, 6) is 0.195. The largest absolute Gasteiger partial charge is 0.408 e. The fraction of sp³-hybridized carbons (Fsp3) is 0.409. The Bertz CT molecular complexity index is 1180. The first-order chi connectivity index (χ1) is 14.6. The van der Waals surface area contributed by atoms with E-state index in [0.29, 0.717) is 30.3 Å². The number of nitrogens with zero attached hydrogens (tertiary/aromatic N) is 2. The molecule has 1 aromatic carbocycles. The number of aromatic nitrogens is 2. The molecule has 1 aliphatic carbocycles. The zero-order valence-corrected chi connectivity index (χ0v) is 18.0. The molecule has 1 atom stereocenters. The molecule has 2 heterocycles. The van der Waals surface area contributed by atoms with Crippen LogP contribution >= 0.6 is 0 Å². The highest BCUT2D eigenvalue weighted by Gasteiger charge is 2.47. The molecule has 1 aliphatic rings. The van der Waals surface area contributed by atoms with Crippen LogP contribution in [-0.4, -0.2) is 29.4 Å². The van der Waals surface area contributed by atoms with Gasteiger partial charge in [-0.1, -0.05) is 26.0 Å². The van der Waals surface area contributed by atoms with E-state index >= 15 is 0 Å². The summed E-state index contributed by atoms with van der Waals surface area (Å²) in [6.45, 7) is 4.47. The summed E-state index contributed by atoms with van der Waals surface area (Å²) in [7, 11) is -4.04. The summed E-state index contributed by atoms with van der Waals surface area (Å²) in [6, 6.07) is 6.62. The van der Waals surface area contributed by atoms with Crippen LogP contribution in [0.25, 0.3) is 22.0 Å². The van der Waals surface area contributed by atoms with Gasteiger partial charge in [0.2, 0.25) is 10.0 Å². The van der Waals surface area contributed by atoms with Crippen LogP contribution in [0.15, 0.2) is 48.9 Å². The highest BCUT2D eigenvalue weighted by atomic mass is 32.2. The first-order valence-electron chi connectivity index (χ1n) is 10.2. The highest BCUT2D eigenvalue weighted by Crippen LogP contribution is 2.40. The van der Waals surface area contributed by atoms with E-state index in [-0.39, 0.29) is 11.5 Å². The smallest absolute Gasteiger partial charge is 0.347 e. The van der Waals surface area contributed by atoms with Crippen LogP contribution in [0.1, 0.15) is 38.3 Å².